The molecule has 0 aliphatic heterocycles. The first kappa shape index (κ1) is 26.1. The van der Waals surface area contributed by atoms with Crippen LogP contribution < -0.4 is 0 Å². The third kappa shape index (κ3) is 7.40. The largest absolute Gasteiger partial charge is 0.465 e. The van der Waals surface area contributed by atoms with Gasteiger partial charge in [0.1, 0.15) is 0 Å². The highest BCUT2D eigenvalue weighted by Gasteiger charge is 2.39. The Kier molecular flexibility index (Phi) is 9.98. The van der Waals surface area contributed by atoms with Crippen molar-refractivity contribution in [2.45, 2.75) is 71.7 Å². The third-order valence-electron chi connectivity index (χ3n) is 5.50. The topological polar surface area (TPSA) is 61.8 Å². The number of rotatable bonds is 10. The molecule has 0 radical (unpaired) electrons. The number of allylic oxidation sites excluding steroid dienone is 1. The van der Waals surface area contributed by atoms with Crippen LogP contribution in [0, 0.1) is 5.92 Å². The molecule has 0 saturated heterocycles. The van der Waals surface area contributed by atoms with Gasteiger partial charge in [0.05, 0.1) is 19.3 Å². The molecule has 0 unspecified atom stereocenters. The maximum absolute atomic E-state index is 12.7. The minimum Gasteiger partial charge on any atom is -0.465 e. The molecule has 168 valence electrons. The molecule has 2 atom stereocenters. The van der Waals surface area contributed by atoms with Gasteiger partial charge in [-0.15, -0.1) is 0 Å². The number of esters is 2. The van der Waals surface area contributed by atoms with Crippen molar-refractivity contribution >= 4 is 20.3 Å². The van der Waals surface area contributed by atoms with Gasteiger partial charge in [-0.2, -0.15) is 0 Å². The third-order valence-corrected chi connectivity index (χ3v) is 10.1. The monoisotopic (exact) mass is 434 g/mol. The minimum absolute atomic E-state index is 0.0896. The van der Waals surface area contributed by atoms with Crippen molar-refractivity contribution in [2.24, 2.45) is 5.92 Å². The Morgan fingerprint density at radius 3 is 1.90 bits per heavy atom. The van der Waals surface area contributed by atoms with Crippen LogP contribution in [0.25, 0.3) is 0 Å². The summed E-state index contributed by atoms with van der Waals surface area (Å²) < 4.78 is 16.8. The highest BCUT2D eigenvalue weighted by molar-refractivity contribution is 6.74. The Labute approximate surface area is 182 Å². The second-order valence-electron chi connectivity index (χ2n) is 8.89. The standard InChI is InChI=1S/C24H38O5Si/c1-9-27-22(25)21(23(26)28-10-2)20(19-14-12-11-13-15-19)17-16-18(3)29-30(7,8)24(4,5)6/h11-18,20-21H,9-10H2,1-8H3/b17-16+/t18-,20+/m0/s1. The Hall–Kier alpha value is -1.92. The van der Waals surface area contributed by atoms with Crippen LogP contribution in [0.15, 0.2) is 42.5 Å². The molecule has 0 aliphatic carbocycles. The van der Waals surface area contributed by atoms with E-state index < -0.39 is 32.1 Å². The molecule has 0 spiro atoms. The summed E-state index contributed by atoms with van der Waals surface area (Å²) in [4.78, 5) is 25.4. The fraction of sp³-hybridized carbons (Fsp3) is 0.583. The molecule has 0 bridgehead atoms. The molecule has 0 fully saturated rings. The Bertz CT molecular complexity index is 688. The fourth-order valence-electron chi connectivity index (χ4n) is 2.90. The zero-order valence-electron chi connectivity index (χ0n) is 19.7. The molecule has 1 aromatic rings. The van der Waals surface area contributed by atoms with E-state index >= 15 is 0 Å². The fourth-order valence-corrected chi connectivity index (χ4v) is 4.26. The van der Waals surface area contributed by atoms with Gasteiger partial charge in [-0.05, 0) is 44.5 Å². The van der Waals surface area contributed by atoms with Gasteiger partial charge in [0.15, 0.2) is 14.2 Å². The summed E-state index contributed by atoms with van der Waals surface area (Å²) in [5.74, 6) is -2.72. The highest BCUT2D eigenvalue weighted by Crippen LogP contribution is 2.37. The quantitative estimate of drug-likeness (QED) is 0.211. The number of ether oxygens (including phenoxy) is 2. The molecular weight excluding hydrogens is 396 g/mol. The molecule has 1 aromatic carbocycles. The van der Waals surface area contributed by atoms with Crippen molar-refractivity contribution in [1.29, 1.82) is 0 Å². The predicted octanol–water partition coefficient (Wildman–Crippen LogP) is 5.48. The van der Waals surface area contributed by atoms with Crippen LogP contribution in [-0.4, -0.2) is 39.6 Å². The molecule has 0 N–H and O–H groups in total. The normalized spacial score (nSPS) is 14.6. The molecular formula is C24H38O5Si. The first-order valence-electron chi connectivity index (χ1n) is 10.7. The van der Waals surface area contributed by atoms with Gasteiger partial charge in [0, 0.05) is 5.92 Å². The zero-order valence-corrected chi connectivity index (χ0v) is 20.7. The van der Waals surface area contributed by atoms with Crippen LogP contribution in [-0.2, 0) is 23.5 Å². The van der Waals surface area contributed by atoms with E-state index in [0.29, 0.717) is 0 Å². The number of hydrogen-bond donors (Lipinski definition) is 0. The Morgan fingerprint density at radius 2 is 1.47 bits per heavy atom. The van der Waals surface area contributed by atoms with E-state index in [4.69, 9.17) is 13.9 Å². The predicted molar refractivity (Wildman–Crippen MR) is 123 cm³/mol. The lowest BCUT2D eigenvalue weighted by molar-refractivity contribution is -0.162. The molecule has 6 heteroatoms. The van der Waals surface area contributed by atoms with Crippen LogP contribution >= 0.6 is 0 Å². The average Bonchev–Trinajstić information content (AvgIpc) is 2.64. The lowest BCUT2D eigenvalue weighted by atomic mass is 9.85. The summed E-state index contributed by atoms with van der Waals surface area (Å²) in [6.45, 7) is 16.8. The van der Waals surface area contributed by atoms with Crippen molar-refractivity contribution in [1.82, 2.24) is 0 Å². The summed E-state index contributed by atoms with van der Waals surface area (Å²) in [6.07, 6.45) is 3.66. The second kappa shape index (κ2) is 11.5. The molecule has 5 nitrogen and oxygen atoms in total. The SMILES string of the molecule is CCOC(=O)C(C(=O)OCC)[C@H](/C=C/[C@H](C)O[Si](C)(C)C(C)(C)C)c1ccccc1. The van der Waals surface area contributed by atoms with E-state index in [9.17, 15) is 9.59 Å². The Balaban J connectivity index is 3.26. The highest BCUT2D eigenvalue weighted by atomic mass is 28.4. The van der Waals surface area contributed by atoms with Gasteiger partial charge >= 0.3 is 11.9 Å². The van der Waals surface area contributed by atoms with Gasteiger partial charge in [0.2, 0.25) is 0 Å². The van der Waals surface area contributed by atoms with Gasteiger partial charge in [-0.3, -0.25) is 9.59 Å². The average molecular weight is 435 g/mol. The molecule has 30 heavy (non-hydrogen) atoms. The van der Waals surface area contributed by atoms with Gasteiger partial charge in [0.25, 0.3) is 0 Å². The van der Waals surface area contributed by atoms with E-state index in [0.717, 1.165) is 5.56 Å². The van der Waals surface area contributed by atoms with Crippen molar-refractivity contribution < 1.29 is 23.5 Å². The number of benzene rings is 1. The van der Waals surface area contributed by atoms with Gasteiger partial charge in [-0.1, -0.05) is 63.3 Å². The first-order chi connectivity index (χ1) is 13.9. The lowest BCUT2D eigenvalue weighted by Gasteiger charge is -2.38. The Morgan fingerprint density at radius 1 is 0.967 bits per heavy atom. The van der Waals surface area contributed by atoms with Crippen LogP contribution in [0.1, 0.15) is 53.0 Å². The van der Waals surface area contributed by atoms with Crippen LogP contribution in [0.2, 0.25) is 18.1 Å². The van der Waals surface area contributed by atoms with Crippen molar-refractivity contribution in [3.05, 3.63) is 48.0 Å². The first-order valence-corrected chi connectivity index (χ1v) is 13.6. The van der Waals surface area contributed by atoms with Crippen molar-refractivity contribution in [3.63, 3.8) is 0 Å². The van der Waals surface area contributed by atoms with Gasteiger partial charge in [-0.25, -0.2) is 0 Å². The molecule has 0 amide bonds. The summed E-state index contributed by atoms with van der Waals surface area (Å²) in [7, 11) is -1.95. The van der Waals surface area contributed by atoms with E-state index in [1.54, 1.807) is 13.8 Å². The summed E-state index contributed by atoms with van der Waals surface area (Å²) in [5, 5.41) is 0.0896. The number of hydrogen-bond acceptors (Lipinski definition) is 5. The zero-order chi connectivity index (χ0) is 22.9. The number of carbonyl (C=O) groups excluding carboxylic acids is 2. The molecule has 0 saturated carbocycles. The van der Waals surface area contributed by atoms with Gasteiger partial charge < -0.3 is 13.9 Å². The molecule has 1 rings (SSSR count). The van der Waals surface area contributed by atoms with Crippen molar-refractivity contribution in [2.75, 3.05) is 13.2 Å². The summed E-state index contributed by atoms with van der Waals surface area (Å²) in [5.41, 5.74) is 0.847. The summed E-state index contributed by atoms with van der Waals surface area (Å²) in [6, 6.07) is 9.48. The second-order valence-corrected chi connectivity index (χ2v) is 13.6. The maximum Gasteiger partial charge on any atom is 0.321 e. The molecule has 0 aliphatic rings. The van der Waals surface area contributed by atoms with E-state index in [2.05, 4.69) is 33.9 Å². The van der Waals surface area contributed by atoms with E-state index in [1.165, 1.54) is 0 Å². The van der Waals surface area contributed by atoms with Crippen LogP contribution in [0.3, 0.4) is 0 Å². The van der Waals surface area contributed by atoms with Crippen molar-refractivity contribution in [3.8, 4) is 0 Å². The smallest absolute Gasteiger partial charge is 0.321 e. The maximum atomic E-state index is 12.7. The number of carbonyl (C=O) groups is 2. The summed E-state index contributed by atoms with van der Waals surface area (Å²) >= 11 is 0. The van der Waals surface area contributed by atoms with E-state index in [1.807, 2.05) is 49.4 Å². The van der Waals surface area contributed by atoms with Crippen LogP contribution in [0.5, 0.6) is 0 Å². The lowest BCUT2D eigenvalue weighted by Crippen LogP contribution is -2.43. The molecule has 0 aromatic heterocycles. The van der Waals surface area contributed by atoms with Crippen LogP contribution in [0.4, 0.5) is 0 Å². The van der Waals surface area contributed by atoms with E-state index in [-0.39, 0.29) is 24.4 Å². The molecule has 0 heterocycles. The minimum atomic E-state index is -1.95.